The predicted molar refractivity (Wildman–Crippen MR) is 62.1 cm³/mol. The summed E-state index contributed by atoms with van der Waals surface area (Å²) in [5, 5.41) is 11.7. The van der Waals surface area contributed by atoms with E-state index in [1.807, 2.05) is 17.4 Å². The van der Waals surface area contributed by atoms with Crippen LogP contribution in [0.5, 0.6) is 0 Å². The molecule has 0 saturated carbocycles. The van der Waals surface area contributed by atoms with Gasteiger partial charge in [0.15, 0.2) is 11.5 Å². The summed E-state index contributed by atoms with van der Waals surface area (Å²) in [5.74, 6) is 0.905. The maximum absolute atomic E-state index is 4.24. The monoisotopic (exact) mass is 219 g/mol. The van der Waals surface area contributed by atoms with E-state index in [2.05, 4.69) is 34.3 Å². The molecule has 1 atom stereocenters. The van der Waals surface area contributed by atoms with E-state index in [1.165, 1.54) is 0 Å². The summed E-state index contributed by atoms with van der Waals surface area (Å²) in [6, 6.07) is 2.42. The lowest BCUT2D eigenvalue weighted by Gasteiger charge is -2.09. The van der Waals surface area contributed by atoms with Crippen molar-refractivity contribution in [2.75, 3.05) is 0 Å². The second-order valence-electron chi connectivity index (χ2n) is 4.06. The third-order valence-corrected chi connectivity index (χ3v) is 2.73. The molecule has 0 aromatic carbocycles. The van der Waals surface area contributed by atoms with Crippen LogP contribution in [0.4, 0.5) is 0 Å². The summed E-state index contributed by atoms with van der Waals surface area (Å²) in [4.78, 5) is 4.24. The smallest absolute Gasteiger partial charge is 0.163 e. The number of fused-ring (bicyclic) bond motifs is 1. The quantitative estimate of drug-likeness (QED) is 0.842. The molecule has 1 unspecified atom stereocenters. The third kappa shape index (κ3) is 2.19. The summed E-state index contributed by atoms with van der Waals surface area (Å²) in [5.41, 5.74) is 1.81. The molecule has 2 aromatic heterocycles. The Morgan fingerprint density at radius 3 is 3.00 bits per heavy atom. The molecule has 2 heterocycles. The van der Waals surface area contributed by atoms with Crippen molar-refractivity contribution >= 4 is 5.65 Å². The van der Waals surface area contributed by atoms with Gasteiger partial charge in [-0.05, 0) is 20.3 Å². The van der Waals surface area contributed by atoms with Crippen molar-refractivity contribution in [1.82, 2.24) is 24.9 Å². The van der Waals surface area contributed by atoms with Gasteiger partial charge < -0.3 is 5.32 Å². The van der Waals surface area contributed by atoms with Gasteiger partial charge >= 0.3 is 0 Å². The van der Waals surface area contributed by atoms with Gasteiger partial charge in [-0.15, -0.1) is 10.2 Å². The zero-order valence-electron chi connectivity index (χ0n) is 9.94. The molecular weight excluding hydrogens is 202 g/mol. The van der Waals surface area contributed by atoms with Gasteiger partial charge in [-0.2, -0.15) is 0 Å². The van der Waals surface area contributed by atoms with Crippen LogP contribution in [0.15, 0.2) is 12.4 Å². The molecule has 1 N–H and O–H groups in total. The third-order valence-electron chi connectivity index (χ3n) is 2.73. The van der Waals surface area contributed by atoms with Crippen molar-refractivity contribution < 1.29 is 0 Å². The van der Waals surface area contributed by atoms with Crippen LogP contribution in [-0.2, 0) is 6.54 Å². The van der Waals surface area contributed by atoms with Crippen LogP contribution < -0.4 is 5.32 Å². The average molecular weight is 219 g/mol. The predicted octanol–water partition coefficient (Wildman–Crippen LogP) is 1.32. The van der Waals surface area contributed by atoms with Crippen molar-refractivity contribution in [3.8, 4) is 0 Å². The molecule has 5 nitrogen and oxygen atoms in total. The van der Waals surface area contributed by atoms with E-state index in [1.54, 1.807) is 6.33 Å². The van der Waals surface area contributed by atoms with Crippen molar-refractivity contribution in [2.45, 2.75) is 39.8 Å². The summed E-state index contributed by atoms with van der Waals surface area (Å²) in [6.07, 6.45) is 2.88. The van der Waals surface area contributed by atoms with Crippen molar-refractivity contribution in [2.24, 2.45) is 0 Å². The number of nitrogens with one attached hydrogen (secondary N) is 1. The van der Waals surface area contributed by atoms with Gasteiger partial charge in [0, 0.05) is 17.8 Å². The number of hydrogen-bond donors (Lipinski definition) is 1. The highest BCUT2D eigenvalue weighted by molar-refractivity contribution is 5.37. The normalized spacial score (nSPS) is 13.2. The van der Waals surface area contributed by atoms with Crippen LogP contribution in [0.2, 0.25) is 0 Å². The highest BCUT2D eigenvalue weighted by atomic mass is 15.3. The van der Waals surface area contributed by atoms with E-state index >= 15 is 0 Å². The number of aryl methyl sites for hydroxylation is 1. The fourth-order valence-electron chi connectivity index (χ4n) is 1.47. The van der Waals surface area contributed by atoms with E-state index < -0.39 is 0 Å². The molecule has 16 heavy (non-hydrogen) atoms. The second-order valence-corrected chi connectivity index (χ2v) is 4.06. The van der Waals surface area contributed by atoms with Crippen LogP contribution in [0, 0.1) is 6.92 Å². The van der Waals surface area contributed by atoms with Gasteiger partial charge in [-0.3, -0.25) is 4.40 Å². The van der Waals surface area contributed by atoms with Crippen LogP contribution in [0.1, 0.15) is 31.8 Å². The number of rotatable bonds is 4. The van der Waals surface area contributed by atoms with E-state index in [4.69, 9.17) is 0 Å². The van der Waals surface area contributed by atoms with Crippen molar-refractivity contribution in [3.63, 3.8) is 0 Å². The van der Waals surface area contributed by atoms with Gasteiger partial charge in [0.25, 0.3) is 0 Å². The Morgan fingerprint density at radius 2 is 2.25 bits per heavy atom. The minimum Gasteiger partial charge on any atom is -0.307 e. The van der Waals surface area contributed by atoms with E-state index in [0.717, 1.165) is 30.1 Å². The minimum atomic E-state index is 0.491. The first-order valence-electron chi connectivity index (χ1n) is 5.60. The summed E-state index contributed by atoms with van der Waals surface area (Å²) < 4.78 is 1.92. The maximum atomic E-state index is 4.24. The molecule has 0 saturated heterocycles. The summed E-state index contributed by atoms with van der Waals surface area (Å²) in [6.45, 7) is 6.99. The minimum absolute atomic E-state index is 0.491. The molecule has 0 aliphatic heterocycles. The standard InChI is InChI=1S/C11H17N5/c1-4-8(2)12-6-11-15-14-10-5-9(3)13-7-16(10)11/h5,7-8,12H,4,6H2,1-3H3. The molecular formula is C11H17N5. The molecule has 0 radical (unpaired) electrons. The molecule has 0 aliphatic carbocycles. The number of nitrogens with zero attached hydrogens (tertiary/aromatic N) is 4. The molecule has 0 fully saturated rings. The first-order chi connectivity index (χ1) is 7.70. The van der Waals surface area contributed by atoms with Gasteiger partial charge in [0.1, 0.15) is 6.33 Å². The number of aromatic nitrogens is 4. The fourth-order valence-corrected chi connectivity index (χ4v) is 1.47. The van der Waals surface area contributed by atoms with E-state index in [9.17, 15) is 0 Å². The maximum Gasteiger partial charge on any atom is 0.163 e. The molecule has 0 bridgehead atoms. The Kier molecular flexibility index (Phi) is 3.14. The topological polar surface area (TPSA) is 55.1 Å². The first-order valence-corrected chi connectivity index (χ1v) is 5.60. The van der Waals surface area contributed by atoms with Crippen LogP contribution >= 0.6 is 0 Å². The summed E-state index contributed by atoms with van der Waals surface area (Å²) in [7, 11) is 0. The average Bonchev–Trinajstić information content (AvgIpc) is 2.68. The van der Waals surface area contributed by atoms with E-state index in [0.29, 0.717) is 6.04 Å². The molecule has 5 heteroatoms. The van der Waals surface area contributed by atoms with E-state index in [-0.39, 0.29) is 0 Å². The lowest BCUT2D eigenvalue weighted by Crippen LogP contribution is -2.25. The zero-order chi connectivity index (χ0) is 11.5. The Bertz CT molecular complexity index is 476. The van der Waals surface area contributed by atoms with Gasteiger partial charge in [-0.25, -0.2) is 4.98 Å². The Hall–Kier alpha value is -1.49. The zero-order valence-corrected chi connectivity index (χ0v) is 9.94. The molecule has 0 amide bonds. The van der Waals surface area contributed by atoms with Crippen molar-refractivity contribution in [3.05, 3.63) is 23.9 Å². The second kappa shape index (κ2) is 4.57. The first kappa shape index (κ1) is 11.0. The molecule has 0 aliphatic rings. The highest BCUT2D eigenvalue weighted by Crippen LogP contribution is 2.04. The molecule has 0 spiro atoms. The van der Waals surface area contributed by atoms with Crippen molar-refractivity contribution in [1.29, 1.82) is 0 Å². The van der Waals surface area contributed by atoms with Gasteiger partial charge in [0.05, 0.1) is 6.54 Å². The van der Waals surface area contributed by atoms with Gasteiger partial charge in [-0.1, -0.05) is 6.92 Å². The lowest BCUT2D eigenvalue weighted by atomic mass is 10.2. The Morgan fingerprint density at radius 1 is 1.44 bits per heavy atom. The largest absolute Gasteiger partial charge is 0.307 e. The lowest BCUT2D eigenvalue weighted by molar-refractivity contribution is 0.520. The fraction of sp³-hybridized carbons (Fsp3) is 0.545. The molecule has 2 rings (SSSR count). The van der Waals surface area contributed by atoms with Crippen LogP contribution in [0.25, 0.3) is 5.65 Å². The molecule has 2 aromatic rings. The highest BCUT2D eigenvalue weighted by Gasteiger charge is 2.06. The van der Waals surface area contributed by atoms with Crippen LogP contribution in [-0.4, -0.2) is 25.6 Å². The summed E-state index contributed by atoms with van der Waals surface area (Å²) >= 11 is 0. The van der Waals surface area contributed by atoms with Gasteiger partial charge in [0.2, 0.25) is 0 Å². The SMILES string of the molecule is CCC(C)NCc1nnc2cc(C)ncn12. The molecule has 86 valence electrons. The number of hydrogen-bond acceptors (Lipinski definition) is 4. The Balaban J connectivity index is 2.19. The van der Waals surface area contributed by atoms with Crippen LogP contribution in [0.3, 0.4) is 0 Å². The Labute approximate surface area is 94.9 Å².